The maximum atomic E-state index is 14.9. The Morgan fingerprint density at radius 1 is 1.33 bits per heavy atom. The van der Waals surface area contributed by atoms with Gasteiger partial charge in [0.25, 0.3) is 0 Å². The topological polar surface area (TPSA) is 105 Å². The largest absolute Gasteiger partial charge is 0.309 e. The van der Waals surface area contributed by atoms with Crippen LogP contribution in [0.5, 0.6) is 0 Å². The fourth-order valence-electron chi connectivity index (χ4n) is 3.44. The van der Waals surface area contributed by atoms with Gasteiger partial charge < -0.3 is 9.72 Å². The molecule has 1 fully saturated rings. The highest BCUT2D eigenvalue weighted by atomic mass is 35.5. The smallest absolute Gasteiger partial charge is 0.231 e. The first-order valence-corrected chi connectivity index (χ1v) is 9.38. The molecule has 3 heterocycles. The molecule has 0 radical (unpaired) electrons. The second kappa shape index (κ2) is 6.56. The fraction of sp³-hybridized carbons (Fsp3) is 0.211. The first kappa shape index (κ1) is 18.6. The van der Waals surface area contributed by atoms with Crippen LogP contribution in [0.4, 0.5) is 14.6 Å². The molecule has 0 saturated heterocycles. The summed E-state index contributed by atoms with van der Waals surface area (Å²) in [5, 5.41) is 9.31. The molecule has 1 saturated carbocycles. The average Bonchev–Trinajstić information content (AvgIpc) is 3.08. The Bertz CT molecular complexity index is 1360. The number of nitrogens with zero attached hydrogens (tertiary/aromatic N) is 4. The first-order chi connectivity index (χ1) is 14.3. The molecule has 2 N–H and O–H groups in total. The summed E-state index contributed by atoms with van der Waals surface area (Å²) in [6.45, 7) is 1.24. The van der Waals surface area contributed by atoms with Crippen LogP contribution in [0.25, 0.3) is 27.8 Å². The molecule has 0 bridgehead atoms. The van der Waals surface area contributed by atoms with Crippen LogP contribution >= 0.6 is 11.6 Å². The minimum atomic E-state index is -1.11. The van der Waals surface area contributed by atoms with Gasteiger partial charge in [0, 0.05) is 17.1 Å². The number of anilines is 1. The van der Waals surface area contributed by atoms with Crippen LogP contribution in [-0.4, -0.2) is 42.4 Å². The highest BCUT2D eigenvalue weighted by Crippen LogP contribution is 2.38. The van der Waals surface area contributed by atoms with Gasteiger partial charge in [0.05, 0.1) is 46.3 Å². The van der Waals surface area contributed by atoms with Gasteiger partial charge in [-0.1, -0.05) is 11.6 Å². The van der Waals surface area contributed by atoms with E-state index in [1.807, 2.05) is 0 Å². The molecule has 11 heteroatoms. The molecule has 0 spiro atoms. The number of Topliss-reactive ketones (excluding diaryl/α,β-unsaturated/α-hetero) is 1. The molecule has 8 nitrogen and oxygen atoms in total. The van der Waals surface area contributed by atoms with Crippen molar-refractivity contribution in [2.24, 2.45) is 5.92 Å². The summed E-state index contributed by atoms with van der Waals surface area (Å²) in [7, 11) is 0. The second-order valence-electron chi connectivity index (χ2n) is 7.10. The first-order valence-electron chi connectivity index (χ1n) is 9.00. The van der Waals surface area contributed by atoms with Crippen molar-refractivity contribution in [3.05, 3.63) is 41.2 Å². The minimum Gasteiger partial charge on any atom is -0.309 e. The number of carbonyl (C=O) groups excluding carboxylic acids is 2. The molecule has 152 valence electrons. The minimum absolute atomic E-state index is 0.170. The van der Waals surface area contributed by atoms with E-state index in [9.17, 15) is 18.4 Å². The SMILES string of the molecule is CC(=O)c1c(F)c(Cl)c(-c2cn3cc(NC(=O)C4CC4F)nc3cn2)c2cn[nH]c12. The maximum absolute atomic E-state index is 14.9. The summed E-state index contributed by atoms with van der Waals surface area (Å²) in [6, 6.07) is 0. The lowest BCUT2D eigenvalue weighted by molar-refractivity contribution is -0.117. The number of halogens is 3. The summed E-state index contributed by atoms with van der Waals surface area (Å²) in [5.41, 5.74) is 1.06. The molecule has 30 heavy (non-hydrogen) atoms. The number of aromatic amines is 1. The standard InChI is InChI=1S/C19H13ClF2N6O2/c1-7(29)14-17(22)16(20)15(9-3-24-27-18(9)14)11-5-28-6-12(25-13(28)4-23-11)26-19(30)8-2-10(8)21/h3-6,8,10H,2H2,1H3,(H,24,27)(H,26,30). The number of rotatable bonds is 4. The van der Waals surface area contributed by atoms with Gasteiger partial charge >= 0.3 is 0 Å². The molecule has 4 aromatic rings. The van der Waals surface area contributed by atoms with Crippen LogP contribution in [0, 0.1) is 11.7 Å². The van der Waals surface area contributed by atoms with E-state index in [2.05, 4.69) is 25.5 Å². The zero-order valence-corrected chi connectivity index (χ0v) is 16.2. The molecular formula is C19H13ClF2N6O2. The summed E-state index contributed by atoms with van der Waals surface area (Å²) < 4.78 is 29.5. The zero-order valence-electron chi connectivity index (χ0n) is 15.4. The molecule has 2 unspecified atom stereocenters. The van der Waals surface area contributed by atoms with Gasteiger partial charge in [-0.05, 0) is 13.3 Å². The maximum Gasteiger partial charge on any atom is 0.231 e. The van der Waals surface area contributed by atoms with Crippen molar-refractivity contribution in [3.63, 3.8) is 0 Å². The number of amides is 1. The Kier molecular flexibility index (Phi) is 4.07. The summed E-state index contributed by atoms with van der Waals surface area (Å²) in [6.07, 6.45) is 5.08. The number of aromatic nitrogens is 5. The Hall–Kier alpha value is -3.40. The highest BCUT2D eigenvalue weighted by molar-refractivity contribution is 6.36. The lowest BCUT2D eigenvalue weighted by atomic mass is 10.0. The van der Waals surface area contributed by atoms with E-state index in [0.717, 1.165) is 0 Å². The molecule has 2 atom stereocenters. The fourth-order valence-corrected chi connectivity index (χ4v) is 3.73. The number of benzene rings is 1. The van der Waals surface area contributed by atoms with E-state index in [1.165, 1.54) is 25.5 Å². The van der Waals surface area contributed by atoms with Gasteiger partial charge in [-0.25, -0.2) is 13.8 Å². The van der Waals surface area contributed by atoms with Crippen molar-refractivity contribution >= 4 is 45.7 Å². The van der Waals surface area contributed by atoms with Gasteiger partial charge in [0.1, 0.15) is 6.17 Å². The molecule has 1 amide bonds. The van der Waals surface area contributed by atoms with Crippen molar-refractivity contribution in [3.8, 4) is 11.3 Å². The predicted molar refractivity (Wildman–Crippen MR) is 105 cm³/mol. The van der Waals surface area contributed by atoms with E-state index >= 15 is 0 Å². The van der Waals surface area contributed by atoms with Crippen molar-refractivity contribution in [1.82, 2.24) is 24.6 Å². The normalized spacial score (nSPS) is 18.1. The third-order valence-corrected chi connectivity index (χ3v) is 5.40. The van der Waals surface area contributed by atoms with E-state index in [1.54, 1.807) is 10.6 Å². The van der Waals surface area contributed by atoms with E-state index in [0.29, 0.717) is 16.7 Å². The van der Waals surface area contributed by atoms with Crippen molar-refractivity contribution in [2.75, 3.05) is 5.32 Å². The number of fused-ring (bicyclic) bond motifs is 2. The molecule has 3 aromatic heterocycles. The van der Waals surface area contributed by atoms with Crippen LogP contribution in [-0.2, 0) is 4.79 Å². The highest BCUT2D eigenvalue weighted by Gasteiger charge is 2.43. The van der Waals surface area contributed by atoms with Crippen molar-refractivity contribution in [1.29, 1.82) is 0 Å². The molecule has 1 aromatic carbocycles. The van der Waals surface area contributed by atoms with Crippen molar-refractivity contribution in [2.45, 2.75) is 19.5 Å². The number of ketones is 1. The van der Waals surface area contributed by atoms with E-state index < -0.39 is 29.6 Å². The van der Waals surface area contributed by atoms with Crippen LogP contribution in [0.15, 0.2) is 24.8 Å². The van der Waals surface area contributed by atoms with E-state index in [4.69, 9.17) is 11.6 Å². The summed E-state index contributed by atoms with van der Waals surface area (Å²) in [5.74, 6) is -2.17. The third-order valence-electron chi connectivity index (χ3n) is 5.04. The average molecular weight is 431 g/mol. The molecule has 0 aliphatic heterocycles. The lowest BCUT2D eigenvalue weighted by Crippen LogP contribution is -2.15. The number of nitrogens with one attached hydrogen (secondary N) is 2. The number of imidazole rings is 1. The Morgan fingerprint density at radius 3 is 2.80 bits per heavy atom. The number of alkyl halides is 1. The number of hydrogen-bond acceptors (Lipinski definition) is 5. The van der Waals surface area contributed by atoms with Gasteiger partial charge in [0.15, 0.2) is 23.1 Å². The number of hydrogen-bond donors (Lipinski definition) is 2. The lowest BCUT2D eigenvalue weighted by Gasteiger charge is -2.10. The van der Waals surface area contributed by atoms with Crippen LogP contribution in [0.3, 0.4) is 0 Å². The molecule has 1 aliphatic carbocycles. The quantitative estimate of drug-likeness (QED) is 0.481. The molecular weight excluding hydrogens is 418 g/mol. The van der Waals surface area contributed by atoms with E-state index in [-0.39, 0.29) is 33.9 Å². The summed E-state index contributed by atoms with van der Waals surface area (Å²) in [4.78, 5) is 32.3. The zero-order chi connectivity index (χ0) is 21.2. The second-order valence-corrected chi connectivity index (χ2v) is 7.48. The van der Waals surface area contributed by atoms with Gasteiger partial charge in [0.2, 0.25) is 5.91 Å². The van der Waals surface area contributed by atoms with Gasteiger partial charge in [-0.3, -0.25) is 19.7 Å². The Labute approximate surface area is 172 Å². The predicted octanol–water partition coefficient (Wildman–Crippen LogP) is 3.56. The van der Waals surface area contributed by atoms with Crippen LogP contribution < -0.4 is 5.32 Å². The molecule has 1 aliphatic rings. The molecule has 5 rings (SSSR count). The number of carbonyl (C=O) groups is 2. The Balaban J connectivity index is 1.60. The third kappa shape index (κ3) is 2.83. The van der Waals surface area contributed by atoms with Gasteiger partial charge in [-0.2, -0.15) is 5.10 Å². The van der Waals surface area contributed by atoms with Crippen molar-refractivity contribution < 1.29 is 18.4 Å². The van der Waals surface area contributed by atoms with Crippen LogP contribution in [0.2, 0.25) is 5.02 Å². The number of H-pyrrole nitrogens is 1. The monoisotopic (exact) mass is 430 g/mol. The van der Waals surface area contributed by atoms with Crippen LogP contribution in [0.1, 0.15) is 23.7 Å². The van der Waals surface area contributed by atoms with Gasteiger partial charge in [-0.15, -0.1) is 0 Å². The Morgan fingerprint density at radius 2 is 2.10 bits per heavy atom. The summed E-state index contributed by atoms with van der Waals surface area (Å²) >= 11 is 6.27.